The molecule has 2 N–H and O–H groups in total. The Kier molecular flexibility index (Phi) is 6.48. The fourth-order valence-corrected chi connectivity index (χ4v) is 3.04. The SMILES string of the molecule is CC(CCc1ccncc1)NCC(O)C1CCCCC1. The molecule has 1 aliphatic carbocycles. The second kappa shape index (κ2) is 8.38. The first-order chi connectivity index (χ1) is 9.75. The molecule has 0 saturated heterocycles. The maximum atomic E-state index is 10.2. The third kappa shape index (κ3) is 5.22. The summed E-state index contributed by atoms with van der Waals surface area (Å²) in [6.07, 6.45) is 12.0. The number of pyridine rings is 1. The fraction of sp³-hybridized carbons (Fsp3) is 0.706. The molecule has 3 heteroatoms. The van der Waals surface area contributed by atoms with Gasteiger partial charge in [0.2, 0.25) is 0 Å². The largest absolute Gasteiger partial charge is 0.392 e. The predicted octanol–water partition coefficient (Wildman–Crippen LogP) is 2.93. The third-order valence-electron chi connectivity index (χ3n) is 4.48. The maximum Gasteiger partial charge on any atom is 0.0692 e. The smallest absolute Gasteiger partial charge is 0.0692 e. The molecule has 0 spiro atoms. The minimum atomic E-state index is -0.168. The first-order valence-corrected chi connectivity index (χ1v) is 8.06. The van der Waals surface area contributed by atoms with Gasteiger partial charge in [0, 0.05) is 25.0 Å². The van der Waals surface area contributed by atoms with E-state index in [0.29, 0.717) is 12.0 Å². The molecule has 2 atom stereocenters. The van der Waals surface area contributed by atoms with Gasteiger partial charge in [-0.2, -0.15) is 0 Å². The molecule has 1 aromatic heterocycles. The Morgan fingerprint density at radius 1 is 1.25 bits per heavy atom. The lowest BCUT2D eigenvalue weighted by Crippen LogP contribution is -2.38. The van der Waals surface area contributed by atoms with Crippen LogP contribution in [0.1, 0.15) is 51.0 Å². The molecular weight excluding hydrogens is 248 g/mol. The van der Waals surface area contributed by atoms with Crippen molar-refractivity contribution in [1.82, 2.24) is 10.3 Å². The van der Waals surface area contributed by atoms with Gasteiger partial charge in [-0.25, -0.2) is 0 Å². The highest BCUT2D eigenvalue weighted by molar-refractivity contribution is 5.09. The van der Waals surface area contributed by atoms with Gasteiger partial charge in [0.05, 0.1) is 6.10 Å². The molecule has 1 heterocycles. The molecule has 1 aliphatic rings. The zero-order chi connectivity index (χ0) is 14.2. The summed E-state index contributed by atoms with van der Waals surface area (Å²) in [6, 6.07) is 4.59. The average molecular weight is 276 g/mol. The lowest BCUT2D eigenvalue weighted by atomic mass is 9.85. The number of nitrogens with zero attached hydrogens (tertiary/aromatic N) is 1. The van der Waals surface area contributed by atoms with Gasteiger partial charge in [-0.3, -0.25) is 4.98 Å². The normalized spacial score (nSPS) is 19.7. The lowest BCUT2D eigenvalue weighted by molar-refractivity contribution is 0.0816. The standard InChI is InChI=1S/C17H28N2O/c1-14(7-8-15-9-11-18-12-10-15)19-13-17(20)16-5-3-2-4-6-16/h9-12,14,16-17,19-20H,2-8,13H2,1H3. The van der Waals surface area contributed by atoms with E-state index in [1.165, 1.54) is 37.7 Å². The van der Waals surface area contributed by atoms with Gasteiger partial charge in [0.15, 0.2) is 0 Å². The summed E-state index contributed by atoms with van der Waals surface area (Å²) in [5.74, 6) is 0.517. The van der Waals surface area contributed by atoms with E-state index in [1.807, 2.05) is 12.4 Å². The molecule has 0 bridgehead atoms. The van der Waals surface area contributed by atoms with Gasteiger partial charge >= 0.3 is 0 Å². The quantitative estimate of drug-likeness (QED) is 0.805. The number of rotatable bonds is 7. The summed E-state index contributed by atoms with van der Waals surface area (Å²) in [5.41, 5.74) is 1.33. The molecular formula is C17H28N2O. The van der Waals surface area contributed by atoms with E-state index in [1.54, 1.807) is 0 Å². The summed E-state index contributed by atoms with van der Waals surface area (Å²) < 4.78 is 0. The van der Waals surface area contributed by atoms with E-state index >= 15 is 0 Å². The van der Waals surface area contributed by atoms with Crippen molar-refractivity contribution in [2.45, 2.75) is 64.0 Å². The molecule has 1 saturated carbocycles. The zero-order valence-electron chi connectivity index (χ0n) is 12.6. The van der Waals surface area contributed by atoms with Gasteiger partial charge in [0.25, 0.3) is 0 Å². The Morgan fingerprint density at radius 2 is 1.95 bits per heavy atom. The van der Waals surface area contributed by atoms with Crippen LogP contribution in [0.15, 0.2) is 24.5 Å². The summed E-state index contributed by atoms with van der Waals surface area (Å²) >= 11 is 0. The first kappa shape index (κ1) is 15.5. The van der Waals surface area contributed by atoms with Crippen LogP contribution in [0.4, 0.5) is 0 Å². The van der Waals surface area contributed by atoms with E-state index in [0.717, 1.165) is 19.4 Å². The van der Waals surface area contributed by atoms with Crippen molar-refractivity contribution in [3.05, 3.63) is 30.1 Å². The van der Waals surface area contributed by atoms with Gasteiger partial charge in [-0.15, -0.1) is 0 Å². The van der Waals surface area contributed by atoms with E-state index in [4.69, 9.17) is 0 Å². The van der Waals surface area contributed by atoms with Crippen LogP contribution >= 0.6 is 0 Å². The Labute approximate surface area is 122 Å². The average Bonchev–Trinajstić information content (AvgIpc) is 2.52. The van der Waals surface area contributed by atoms with Crippen LogP contribution in [0.2, 0.25) is 0 Å². The van der Waals surface area contributed by atoms with Crippen LogP contribution in [0, 0.1) is 5.92 Å². The number of aromatic nitrogens is 1. The van der Waals surface area contributed by atoms with Crippen LogP contribution in [0.3, 0.4) is 0 Å². The maximum absolute atomic E-state index is 10.2. The minimum absolute atomic E-state index is 0.168. The number of aliphatic hydroxyl groups excluding tert-OH is 1. The number of hydrogen-bond acceptors (Lipinski definition) is 3. The first-order valence-electron chi connectivity index (χ1n) is 8.06. The summed E-state index contributed by atoms with van der Waals surface area (Å²) in [7, 11) is 0. The van der Waals surface area contributed by atoms with Crippen LogP contribution < -0.4 is 5.32 Å². The molecule has 0 radical (unpaired) electrons. The fourth-order valence-electron chi connectivity index (χ4n) is 3.04. The van der Waals surface area contributed by atoms with E-state index in [9.17, 15) is 5.11 Å². The molecule has 2 unspecified atom stereocenters. The highest BCUT2D eigenvalue weighted by atomic mass is 16.3. The molecule has 0 amide bonds. The Balaban J connectivity index is 1.63. The molecule has 0 aliphatic heterocycles. The summed E-state index contributed by atoms with van der Waals surface area (Å²) in [4.78, 5) is 4.04. The van der Waals surface area contributed by atoms with Crippen LogP contribution in [-0.4, -0.2) is 28.8 Å². The topological polar surface area (TPSA) is 45.2 Å². The van der Waals surface area contributed by atoms with Gasteiger partial charge in [0.1, 0.15) is 0 Å². The summed E-state index contributed by atoms with van der Waals surface area (Å²) in [5, 5.41) is 13.7. The highest BCUT2D eigenvalue weighted by Gasteiger charge is 2.21. The molecule has 1 fully saturated rings. The van der Waals surface area contributed by atoms with Crippen LogP contribution in [0.5, 0.6) is 0 Å². The van der Waals surface area contributed by atoms with E-state index in [2.05, 4.69) is 29.4 Å². The Bertz CT molecular complexity index is 363. The van der Waals surface area contributed by atoms with Crippen molar-refractivity contribution in [1.29, 1.82) is 0 Å². The van der Waals surface area contributed by atoms with Crippen molar-refractivity contribution in [3.63, 3.8) is 0 Å². The Hall–Kier alpha value is -0.930. The number of aliphatic hydroxyl groups is 1. The number of hydrogen-bond donors (Lipinski definition) is 2. The molecule has 2 rings (SSSR count). The third-order valence-corrected chi connectivity index (χ3v) is 4.48. The molecule has 20 heavy (non-hydrogen) atoms. The van der Waals surface area contributed by atoms with Crippen molar-refractivity contribution in [2.24, 2.45) is 5.92 Å². The molecule has 3 nitrogen and oxygen atoms in total. The van der Waals surface area contributed by atoms with E-state index in [-0.39, 0.29) is 6.10 Å². The predicted molar refractivity (Wildman–Crippen MR) is 82.6 cm³/mol. The number of aryl methyl sites for hydroxylation is 1. The minimum Gasteiger partial charge on any atom is -0.392 e. The van der Waals surface area contributed by atoms with E-state index < -0.39 is 0 Å². The van der Waals surface area contributed by atoms with Crippen LogP contribution in [-0.2, 0) is 6.42 Å². The van der Waals surface area contributed by atoms with Crippen molar-refractivity contribution < 1.29 is 5.11 Å². The van der Waals surface area contributed by atoms with Gasteiger partial charge in [-0.05, 0) is 56.2 Å². The Morgan fingerprint density at radius 3 is 2.65 bits per heavy atom. The van der Waals surface area contributed by atoms with Gasteiger partial charge in [-0.1, -0.05) is 19.3 Å². The van der Waals surface area contributed by atoms with Gasteiger partial charge < -0.3 is 10.4 Å². The highest BCUT2D eigenvalue weighted by Crippen LogP contribution is 2.26. The van der Waals surface area contributed by atoms with Crippen molar-refractivity contribution >= 4 is 0 Å². The monoisotopic (exact) mass is 276 g/mol. The summed E-state index contributed by atoms with van der Waals surface area (Å²) in [6.45, 7) is 2.94. The zero-order valence-corrected chi connectivity index (χ0v) is 12.6. The van der Waals surface area contributed by atoms with Crippen molar-refractivity contribution in [3.8, 4) is 0 Å². The second-order valence-corrected chi connectivity index (χ2v) is 6.17. The second-order valence-electron chi connectivity index (χ2n) is 6.17. The molecule has 0 aromatic carbocycles. The molecule has 1 aromatic rings. The lowest BCUT2D eigenvalue weighted by Gasteiger charge is -2.27. The van der Waals surface area contributed by atoms with Crippen molar-refractivity contribution in [2.75, 3.05) is 6.54 Å². The molecule has 112 valence electrons. The van der Waals surface area contributed by atoms with Crippen LogP contribution in [0.25, 0.3) is 0 Å². The number of nitrogens with one attached hydrogen (secondary N) is 1.